The number of anilines is 1. The van der Waals surface area contributed by atoms with E-state index in [1.807, 2.05) is 0 Å². The minimum absolute atomic E-state index is 0.127. The molecule has 1 aliphatic rings. The first-order chi connectivity index (χ1) is 8.58. The molecule has 2 rings (SSSR count). The number of halogens is 1. The molecular weight excluding hydrogens is 254 g/mol. The van der Waals surface area contributed by atoms with E-state index in [1.54, 1.807) is 12.1 Å². The Kier molecular flexibility index (Phi) is 4.09. The largest absolute Gasteiger partial charge is 0.478 e. The lowest BCUT2D eigenvalue weighted by Gasteiger charge is -2.30. The number of nitrogens with one attached hydrogen (secondary N) is 1. The molecule has 1 fully saturated rings. The third-order valence-electron chi connectivity index (χ3n) is 3.19. The van der Waals surface area contributed by atoms with Gasteiger partial charge < -0.3 is 15.2 Å². The fourth-order valence-corrected chi connectivity index (χ4v) is 2.35. The van der Waals surface area contributed by atoms with Crippen molar-refractivity contribution in [1.82, 2.24) is 0 Å². The van der Waals surface area contributed by atoms with Crippen molar-refractivity contribution < 1.29 is 14.6 Å². The SMILES string of the molecule is CC1COCCC1Nc1ccc(C(=O)O)c(Cl)c1. The molecule has 0 aliphatic carbocycles. The van der Waals surface area contributed by atoms with E-state index < -0.39 is 5.97 Å². The van der Waals surface area contributed by atoms with Gasteiger partial charge in [0.1, 0.15) is 0 Å². The van der Waals surface area contributed by atoms with Gasteiger partial charge in [0.2, 0.25) is 0 Å². The summed E-state index contributed by atoms with van der Waals surface area (Å²) < 4.78 is 5.38. The van der Waals surface area contributed by atoms with Crippen LogP contribution in [0, 0.1) is 5.92 Å². The molecule has 1 aliphatic heterocycles. The zero-order chi connectivity index (χ0) is 13.1. The van der Waals surface area contributed by atoms with Crippen LogP contribution in [0.15, 0.2) is 18.2 Å². The average molecular weight is 270 g/mol. The van der Waals surface area contributed by atoms with Crippen molar-refractivity contribution in [2.75, 3.05) is 18.5 Å². The highest BCUT2D eigenvalue weighted by Crippen LogP contribution is 2.24. The summed E-state index contributed by atoms with van der Waals surface area (Å²) >= 11 is 5.93. The smallest absolute Gasteiger partial charge is 0.337 e. The summed E-state index contributed by atoms with van der Waals surface area (Å²) in [5.74, 6) is -0.581. The molecule has 5 heteroatoms. The molecule has 4 nitrogen and oxygen atoms in total. The van der Waals surface area contributed by atoms with E-state index in [2.05, 4.69) is 12.2 Å². The molecule has 18 heavy (non-hydrogen) atoms. The summed E-state index contributed by atoms with van der Waals surface area (Å²) in [4.78, 5) is 10.9. The fourth-order valence-electron chi connectivity index (χ4n) is 2.09. The summed E-state index contributed by atoms with van der Waals surface area (Å²) in [7, 11) is 0. The maximum atomic E-state index is 10.9. The van der Waals surface area contributed by atoms with Crippen LogP contribution in [-0.2, 0) is 4.74 Å². The summed E-state index contributed by atoms with van der Waals surface area (Å²) in [6.07, 6.45) is 0.944. The number of carboxylic acid groups (broad SMARTS) is 1. The lowest BCUT2D eigenvalue weighted by atomic mass is 9.97. The van der Waals surface area contributed by atoms with E-state index in [-0.39, 0.29) is 10.6 Å². The summed E-state index contributed by atoms with van der Waals surface area (Å²) in [6.45, 7) is 3.63. The molecule has 1 aromatic rings. The molecule has 0 radical (unpaired) electrons. The van der Waals surface area contributed by atoms with Crippen LogP contribution >= 0.6 is 11.6 Å². The molecule has 0 bridgehead atoms. The molecule has 0 saturated carbocycles. The van der Waals surface area contributed by atoms with Crippen molar-refractivity contribution in [3.8, 4) is 0 Å². The van der Waals surface area contributed by atoms with E-state index in [4.69, 9.17) is 21.4 Å². The van der Waals surface area contributed by atoms with E-state index >= 15 is 0 Å². The summed E-state index contributed by atoms with van der Waals surface area (Å²) in [6, 6.07) is 5.27. The van der Waals surface area contributed by atoms with Crippen molar-refractivity contribution in [3.05, 3.63) is 28.8 Å². The topological polar surface area (TPSA) is 58.6 Å². The first kappa shape index (κ1) is 13.2. The Labute approximate surface area is 111 Å². The highest BCUT2D eigenvalue weighted by Gasteiger charge is 2.21. The van der Waals surface area contributed by atoms with Crippen molar-refractivity contribution >= 4 is 23.3 Å². The lowest BCUT2D eigenvalue weighted by molar-refractivity contribution is 0.0538. The van der Waals surface area contributed by atoms with Crippen molar-refractivity contribution in [3.63, 3.8) is 0 Å². The van der Waals surface area contributed by atoms with Crippen molar-refractivity contribution in [2.45, 2.75) is 19.4 Å². The molecule has 1 saturated heterocycles. The molecule has 0 amide bonds. The molecular formula is C13H16ClNO3. The van der Waals surface area contributed by atoms with Crippen molar-refractivity contribution in [1.29, 1.82) is 0 Å². The Morgan fingerprint density at radius 3 is 2.94 bits per heavy atom. The Hall–Kier alpha value is -1.26. The molecule has 2 N–H and O–H groups in total. The van der Waals surface area contributed by atoms with Gasteiger partial charge in [0.25, 0.3) is 0 Å². The second-order valence-electron chi connectivity index (χ2n) is 4.59. The van der Waals surface area contributed by atoms with Crippen LogP contribution in [0.2, 0.25) is 5.02 Å². The van der Waals surface area contributed by atoms with Gasteiger partial charge in [0, 0.05) is 18.3 Å². The highest BCUT2D eigenvalue weighted by atomic mass is 35.5. The number of carboxylic acids is 1. The van der Waals surface area contributed by atoms with Crippen LogP contribution in [0.5, 0.6) is 0 Å². The van der Waals surface area contributed by atoms with E-state index in [9.17, 15) is 4.79 Å². The van der Waals surface area contributed by atoms with Gasteiger partial charge in [-0.05, 0) is 30.5 Å². The second kappa shape index (κ2) is 5.59. The maximum Gasteiger partial charge on any atom is 0.337 e. The Bertz CT molecular complexity index is 450. The number of hydrogen-bond donors (Lipinski definition) is 2. The van der Waals surface area contributed by atoms with Gasteiger partial charge in [-0.15, -0.1) is 0 Å². The monoisotopic (exact) mass is 269 g/mol. The molecule has 1 aromatic carbocycles. The standard InChI is InChI=1S/C13H16ClNO3/c1-8-7-18-5-4-12(8)15-9-2-3-10(13(16)17)11(14)6-9/h2-3,6,8,12,15H,4-5,7H2,1H3,(H,16,17). The van der Waals surface area contributed by atoms with Gasteiger partial charge in [0.15, 0.2) is 0 Å². The van der Waals surface area contributed by atoms with Crippen molar-refractivity contribution in [2.24, 2.45) is 5.92 Å². The molecule has 2 unspecified atom stereocenters. The van der Waals surface area contributed by atoms with Crippen LogP contribution in [0.4, 0.5) is 5.69 Å². The molecule has 1 heterocycles. The zero-order valence-corrected chi connectivity index (χ0v) is 10.9. The van der Waals surface area contributed by atoms with Gasteiger partial charge in [0.05, 0.1) is 17.2 Å². The molecule has 0 aromatic heterocycles. The average Bonchev–Trinajstić information content (AvgIpc) is 2.32. The Morgan fingerprint density at radius 1 is 1.56 bits per heavy atom. The summed E-state index contributed by atoms with van der Waals surface area (Å²) in [5, 5.41) is 12.5. The van der Waals surface area contributed by atoms with Gasteiger partial charge >= 0.3 is 5.97 Å². The number of ether oxygens (including phenoxy) is 1. The van der Waals surface area contributed by atoms with Gasteiger partial charge in [-0.25, -0.2) is 4.79 Å². The second-order valence-corrected chi connectivity index (χ2v) is 5.00. The van der Waals surface area contributed by atoms with E-state index in [0.717, 1.165) is 25.3 Å². The lowest BCUT2D eigenvalue weighted by Crippen LogP contribution is -2.35. The number of aromatic carboxylic acids is 1. The van der Waals surface area contributed by atoms with Crippen LogP contribution < -0.4 is 5.32 Å². The zero-order valence-electron chi connectivity index (χ0n) is 10.1. The minimum atomic E-state index is -1.01. The van der Waals surface area contributed by atoms with Crippen LogP contribution in [0.1, 0.15) is 23.7 Å². The quantitative estimate of drug-likeness (QED) is 0.886. The number of hydrogen-bond acceptors (Lipinski definition) is 3. The predicted octanol–water partition coefficient (Wildman–Crippen LogP) is 2.88. The third kappa shape index (κ3) is 2.94. The number of benzene rings is 1. The fraction of sp³-hybridized carbons (Fsp3) is 0.462. The highest BCUT2D eigenvalue weighted by molar-refractivity contribution is 6.33. The first-order valence-electron chi connectivity index (χ1n) is 5.95. The Balaban J connectivity index is 2.10. The Morgan fingerprint density at radius 2 is 2.33 bits per heavy atom. The van der Waals surface area contributed by atoms with Crippen LogP contribution in [0.25, 0.3) is 0 Å². The normalized spacial score (nSPS) is 23.7. The predicted molar refractivity (Wildman–Crippen MR) is 70.4 cm³/mol. The van der Waals surface area contributed by atoms with E-state index in [1.165, 1.54) is 6.07 Å². The van der Waals surface area contributed by atoms with E-state index in [0.29, 0.717) is 12.0 Å². The number of rotatable bonds is 3. The van der Waals surface area contributed by atoms with Gasteiger partial charge in [-0.3, -0.25) is 0 Å². The first-order valence-corrected chi connectivity index (χ1v) is 6.33. The van der Waals surface area contributed by atoms with Crippen LogP contribution in [-0.4, -0.2) is 30.3 Å². The van der Waals surface area contributed by atoms with Gasteiger partial charge in [-0.1, -0.05) is 18.5 Å². The summed E-state index contributed by atoms with van der Waals surface area (Å²) in [5.41, 5.74) is 0.978. The molecule has 0 spiro atoms. The molecule has 2 atom stereocenters. The molecule has 98 valence electrons. The van der Waals surface area contributed by atoms with Crippen LogP contribution in [0.3, 0.4) is 0 Å². The van der Waals surface area contributed by atoms with Gasteiger partial charge in [-0.2, -0.15) is 0 Å². The maximum absolute atomic E-state index is 10.9. The number of carbonyl (C=O) groups is 1. The third-order valence-corrected chi connectivity index (χ3v) is 3.51. The minimum Gasteiger partial charge on any atom is -0.478 e.